The molecule has 0 amide bonds. The van der Waals surface area contributed by atoms with Crippen molar-refractivity contribution in [3.63, 3.8) is 0 Å². The van der Waals surface area contributed by atoms with E-state index in [4.69, 9.17) is 0 Å². The lowest BCUT2D eigenvalue weighted by Gasteiger charge is -2.20. The number of fused-ring (bicyclic) bond motifs is 1. The van der Waals surface area contributed by atoms with Gasteiger partial charge in [0.25, 0.3) is 0 Å². The monoisotopic (exact) mass is 299 g/mol. The Kier molecular flexibility index (Phi) is 4.11. The summed E-state index contributed by atoms with van der Waals surface area (Å²) in [5.74, 6) is -0.211. The van der Waals surface area contributed by atoms with Gasteiger partial charge < -0.3 is 4.90 Å². The fourth-order valence-corrected chi connectivity index (χ4v) is 2.67. The molecule has 22 heavy (non-hydrogen) atoms. The van der Waals surface area contributed by atoms with E-state index in [-0.39, 0.29) is 11.9 Å². The summed E-state index contributed by atoms with van der Waals surface area (Å²) in [4.78, 5) is 3.71. The molecule has 0 fully saturated rings. The van der Waals surface area contributed by atoms with E-state index in [0.29, 0.717) is 5.39 Å². The Labute approximate surface area is 128 Å². The lowest BCUT2D eigenvalue weighted by atomic mass is 9.96. The van der Waals surface area contributed by atoms with E-state index in [1.54, 1.807) is 10.9 Å². The molecule has 5 nitrogen and oxygen atoms in total. The molecule has 0 saturated carbocycles. The number of benzene rings is 2. The zero-order chi connectivity index (χ0) is 15.5. The molecule has 3 rings (SSSR count). The highest BCUT2D eigenvalue weighted by molar-refractivity contribution is 5.86. The van der Waals surface area contributed by atoms with Gasteiger partial charge in [-0.25, -0.2) is 4.39 Å². The fraction of sp³-hybridized carbons (Fsp3) is 0.312. The van der Waals surface area contributed by atoms with Crippen molar-refractivity contribution in [2.24, 2.45) is 0 Å². The first-order valence-corrected chi connectivity index (χ1v) is 7.21. The van der Waals surface area contributed by atoms with Crippen LogP contribution in [-0.2, 0) is 0 Å². The first kappa shape index (κ1) is 14.6. The summed E-state index contributed by atoms with van der Waals surface area (Å²) in [5, 5.41) is 13.5. The largest absolute Gasteiger partial charge is 0.309 e. The molecule has 1 heterocycles. The first-order chi connectivity index (χ1) is 10.7. The van der Waals surface area contributed by atoms with Gasteiger partial charge in [0.2, 0.25) is 0 Å². The molecular weight excluding hydrogens is 281 g/mol. The summed E-state index contributed by atoms with van der Waals surface area (Å²) in [7, 11) is 4.04. The Balaban J connectivity index is 2.10. The minimum Gasteiger partial charge on any atom is -0.309 e. The predicted molar refractivity (Wildman–Crippen MR) is 83.0 cm³/mol. The second-order valence-electron chi connectivity index (χ2n) is 5.55. The quantitative estimate of drug-likeness (QED) is 0.726. The molecule has 0 bridgehead atoms. The van der Waals surface area contributed by atoms with Gasteiger partial charge in [0.1, 0.15) is 11.9 Å². The summed E-state index contributed by atoms with van der Waals surface area (Å²) in [6.07, 6.45) is 2.24. The number of hydrogen-bond donors (Lipinski definition) is 0. The Morgan fingerprint density at radius 1 is 1.14 bits per heavy atom. The minimum absolute atomic E-state index is 0.0737. The fourth-order valence-electron chi connectivity index (χ4n) is 2.67. The zero-order valence-corrected chi connectivity index (χ0v) is 12.6. The molecule has 1 unspecified atom stereocenters. The Morgan fingerprint density at radius 3 is 2.59 bits per heavy atom. The Bertz CT molecular complexity index is 754. The number of hydrogen-bond acceptors (Lipinski definition) is 4. The second-order valence-corrected chi connectivity index (χ2v) is 5.55. The predicted octanol–water partition coefficient (Wildman–Crippen LogP) is 2.51. The summed E-state index contributed by atoms with van der Waals surface area (Å²) in [6.45, 7) is 0.873. The SMILES string of the molecule is CN(C)CCC(c1ccc(F)c2ccccc12)n1ncnn1. The van der Waals surface area contributed by atoms with E-state index >= 15 is 0 Å². The van der Waals surface area contributed by atoms with Gasteiger partial charge in [-0.15, -0.1) is 10.2 Å². The molecule has 1 atom stereocenters. The second kappa shape index (κ2) is 6.19. The molecule has 6 heteroatoms. The highest BCUT2D eigenvalue weighted by Gasteiger charge is 2.19. The molecule has 0 radical (unpaired) electrons. The number of rotatable bonds is 5. The van der Waals surface area contributed by atoms with Crippen LogP contribution in [0.3, 0.4) is 0 Å². The molecule has 114 valence electrons. The van der Waals surface area contributed by atoms with Crippen LogP contribution in [0.4, 0.5) is 4.39 Å². The van der Waals surface area contributed by atoms with Gasteiger partial charge >= 0.3 is 0 Å². The Morgan fingerprint density at radius 2 is 1.91 bits per heavy atom. The van der Waals surface area contributed by atoms with Crippen LogP contribution >= 0.6 is 0 Å². The summed E-state index contributed by atoms with van der Waals surface area (Å²) in [6, 6.07) is 10.8. The van der Waals surface area contributed by atoms with Gasteiger partial charge in [0.15, 0.2) is 6.33 Å². The van der Waals surface area contributed by atoms with E-state index in [9.17, 15) is 4.39 Å². The number of nitrogens with zero attached hydrogens (tertiary/aromatic N) is 5. The van der Waals surface area contributed by atoms with Crippen LogP contribution in [0.2, 0.25) is 0 Å². The molecule has 3 aromatic rings. The van der Waals surface area contributed by atoms with E-state index in [0.717, 1.165) is 23.9 Å². The normalized spacial score (nSPS) is 12.9. The average Bonchev–Trinajstić information content (AvgIpc) is 3.04. The molecule has 0 aliphatic heterocycles. The smallest absolute Gasteiger partial charge is 0.162 e. The van der Waals surface area contributed by atoms with Crippen LogP contribution in [-0.4, -0.2) is 45.7 Å². The van der Waals surface area contributed by atoms with Crippen LogP contribution in [0.5, 0.6) is 0 Å². The van der Waals surface area contributed by atoms with Crippen molar-refractivity contribution in [3.05, 3.63) is 54.1 Å². The first-order valence-electron chi connectivity index (χ1n) is 7.21. The molecule has 0 N–H and O–H groups in total. The maximum absolute atomic E-state index is 14.0. The molecule has 0 spiro atoms. The number of tetrazole rings is 1. The molecule has 0 aliphatic rings. The third-order valence-electron chi connectivity index (χ3n) is 3.76. The summed E-state index contributed by atoms with van der Waals surface area (Å²) >= 11 is 0. The summed E-state index contributed by atoms with van der Waals surface area (Å²) in [5.41, 5.74) is 1.01. The van der Waals surface area contributed by atoms with E-state index in [1.165, 1.54) is 12.4 Å². The average molecular weight is 299 g/mol. The van der Waals surface area contributed by atoms with Crippen LogP contribution in [0, 0.1) is 5.82 Å². The molecule has 0 saturated heterocycles. The topological polar surface area (TPSA) is 46.8 Å². The highest BCUT2D eigenvalue weighted by atomic mass is 19.1. The van der Waals surface area contributed by atoms with Crippen molar-refractivity contribution in [1.29, 1.82) is 0 Å². The van der Waals surface area contributed by atoms with Gasteiger partial charge in [-0.3, -0.25) is 0 Å². The number of aromatic nitrogens is 4. The highest BCUT2D eigenvalue weighted by Crippen LogP contribution is 2.29. The maximum Gasteiger partial charge on any atom is 0.162 e. The van der Waals surface area contributed by atoms with Gasteiger partial charge in [0, 0.05) is 5.39 Å². The number of halogens is 1. The molecule has 1 aromatic heterocycles. The van der Waals surface area contributed by atoms with Crippen molar-refractivity contribution < 1.29 is 4.39 Å². The van der Waals surface area contributed by atoms with Crippen LogP contribution in [0.15, 0.2) is 42.7 Å². The van der Waals surface area contributed by atoms with Gasteiger partial charge in [-0.05, 0) is 49.3 Å². The molecule has 2 aromatic carbocycles. The third-order valence-corrected chi connectivity index (χ3v) is 3.76. The molecule has 0 aliphatic carbocycles. The van der Waals surface area contributed by atoms with Crippen LogP contribution in [0.1, 0.15) is 18.0 Å². The van der Waals surface area contributed by atoms with Crippen molar-refractivity contribution in [2.45, 2.75) is 12.5 Å². The van der Waals surface area contributed by atoms with Gasteiger partial charge in [-0.2, -0.15) is 4.80 Å². The van der Waals surface area contributed by atoms with E-state index in [1.807, 2.05) is 38.4 Å². The van der Waals surface area contributed by atoms with Gasteiger partial charge in [-0.1, -0.05) is 30.3 Å². The van der Waals surface area contributed by atoms with E-state index in [2.05, 4.69) is 20.3 Å². The van der Waals surface area contributed by atoms with Crippen LogP contribution in [0.25, 0.3) is 10.8 Å². The van der Waals surface area contributed by atoms with Crippen LogP contribution < -0.4 is 0 Å². The van der Waals surface area contributed by atoms with Crippen molar-refractivity contribution >= 4 is 10.8 Å². The maximum atomic E-state index is 14.0. The standard InChI is InChI=1S/C16H18FN5/c1-21(2)10-9-16(22-19-11-18-20-22)14-7-8-15(17)13-6-4-3-5-12(13)14/h3-8,11,16H,9-10H2,1-2H3. The van der Waals surface area contributed by atoms with Crippen molar-refractivity contribution in [2.75, 3.05) is 20.6 Å². The van der Waals surface area contributed by atoms with Crippen molar-refractivity contribution in [1.82, 2.24) is 25.1 Å². The Hall–Kier alpha value is -2.34. The van der Waals surface area contributed by atoms with Gasteiger partial charge in [0.05, 0.1) is 0 Å². The molecular formula is C16H18FN5. The summed E-state index contributed by atoms with van der Waals surface area (Å²) < 4.78 is 14.0. The van der Waals surface area contributed by atoms with Crippen molar-refractivity contribution in [3.8, 4) is 0 Å². The zero-order valence-electron chi connectivity index (χ0n) is 12.6. The third kappa shape index (κ3) is 2.82. The van der Waals surface area contributed by atoms with E-state index < -0.39 is 0 Å². The minimum atomic E-state index is -0.211. The lowest BCUT2D eigenvalue weighted by Crippen LogP contribution is -2.21. The lowest BCUT2D eigenvalue weighted by molar-refractivity contribution is 0.340.